The van der Waals surface area contributed by atoms with Crippen molar-refractivity contribution >= 4 is 11.8 Å². The van der Waals surface area contributed by atoms with E-state index in [1.807, 2.05) is 0 Å². The maximum atomic E-state index is 2.35. The van der Waals surface area contributed by atoms with E-state index in [1.54, 1.807) is 0 Å². The molecule has 2 atom stereocenters. The highest BCUT2D eigenvalue weighted by molar-refractivity contribution is 7.99. The van der Waals surface area contributed by atoms with E-state index in [2.05, 4.69) is 39.5 Å². The van der Waals surface area contributed by atoms with Crippen LogP contribution in [0.25, 0.3) is 0 Å². The van der Waals surface area contributed by atoms with Crippen molar-refractivity contribution in [1.82, 2.24) is 0 Å². The van der Waals surface area contributed by atoms with E-state index in [0.29, 0.717) is 0 Å². The van der Waals surface area contributed by atoms with Crippen LogP contribution in [-0.2, 0) is 0 Å². The van der Waals surface area contributed by atoms with Crippen molar-refractivity contribution in [2.45, 2.75) is 53.4 Å². The molecule has 1 aliphatic rings. The van der Waals surface area contributed by atoms with Crippen molar-refractivity contribution in [2.75, 3.05) is 11.5 Å². The Balaban J connectivity index is 2.23. The summed E-state index contributed by atoms with van der Waals surface area (Å²) in [7, 11) is 0. The maximum absolute atomic E-state index is 2.35. The summed E-state index contributed by atoms with van der Waals surface area (Å²) in [6, 6.07) is 0. The first-order valence-corrected chi connectivity index (χ1v) is 7.82. The van der Waals surface area contributed by atoms with Crippen molar-refractivity contribution in [2.24, 2.45) is 23.7 Å². The van der Waals surface area contributed by atoms with Crippen LogP contribution in [0.15, 0.2) is 0 Å². The summed E-state index contributed by atoms with van der Waals surface area (Å²) in [5.74, 6) is 6.74. The zero-order chi connectivity index (χ0) is 11.3. The smallest absolute Gasteiger partial charge is 0.00361 e. The van der Waals surface area contributed by atoms with E-state index in [9.17, 15) is 0 Å². The second kappa shape index (κ2) is 6.83. The van der Waals surface area contributed by atoms with Gasteiger partial charge in [-0.3, -0.25) is 0 Å². The molecule has 90 valence electrons. The summed E-state index contributed by atoms with van der Waals surface area (Å²) in [5.41, 5.74) is 0. The van der Waals surface area contributed by atoms with E-state index in [4.69, 9.17) is 0 Å². The molecule has 0 unspecified atom stereocenters. The first kappa shape index (κ1) is 13.4. The highest BCUT2D eigenvalue weighted by atomic mass is 32.2. The van der Waals surface area contributed by atoms with Gasteiger partial charge in [0.05, 0.1) is 0 Å². The number of rotatable bonds is 6. The zero-order valence-corrected chi connectivity index (χ0v) is 11.8. The Morgan fingerprint density at radius 1 is 0.867 bits per heavy atom. The summed E-state index contributed by atoms with van der Waals surface area (Å²) in [6.45, 7) is 9.41. The van der Waals surface area contributed by atoms with Crippen LogP contribution in [-0.4, -0.2) is 11.5 Å². The van der Waals surface area contributed by atoms with Crippen molar-refractivity contribution in [3.8, 4) is 0 Å². The minimum Gasteiger partial charge on any atom is -0.161 e. The minimum absolute atomic E-state index is 0.890. The van der Waals surface area contributed by atoms with Crippen LogP contribution in [0, 0.1) is 23.7 Å². The van der Waals surface area contributed by atoms with Gasteiger partial charge in [0, 0.05) is 0 Å². The van der Waals surface area contributed by atoms with E-state index in [0.717, 1.165) is 23.7 Å². The molecule has 0 aromatic heterocycles. The zero-order valence-electron chi connectivity index (χ0n) is 11.0. The summed E-state index contributed by atoms with van der Waals surface area (Å²) >= 11 is 2.19. The van der Waals surface area contributed by atoms with E-state index in [-0.39, 0.29) is 0 Å². The fraction of sp³-hybridized carbons (Fsp3) is 1.00. The standard InChI is InChI=1S/C14H28S/c1-11(2)5-7-13-9-15-10-14(13)8-6-12(3)4/h11-14H,5-10H2,1-4H3/t13-,14-/m0/s1. The molecule has 1 rings (SSSR count). The van der Waals surface area contributed by atoms with Gasteiger partial charge in [0.2, 0.25) is 0 Å². The Morgan fingerprint density at radius 3 is 1.60 bits per heavy atom. The Bertz CT molecular complexity index is 145. The number of thioether (sulfide) groups is 1. The number of hydrogen-bond acceptors (Lipinski definition) is 1. The molecule has 0 bridgehead atoms. The second-order valence-corrected chi connectivity index (χ2v) is 7.07. The second-order valence-electron chi connectivity index (χ2n) is 6.00. The van der Waals surface area contributed by atoms with Gasteiger partial charge in [-0.2, -0.15) is 11.8 Å². The molecule has 15 heavy (non-hydrogen) atoms. The first-order valence-electron chi connectivity index (χ1n) is 6.67. The molecule has 0 saturated carbocycles. The average Bonchev–Trinajstić information content (AvgIpc) is 2.58. The maximum Gasteiger partial charge on any atom is -0.00361 e. The molecule has 0 aromatic carbocycles. The van der Waals surface area contributed by atoms with Crippen LogP contribution in [0.2, 0.25) is 0 Å². The van der Waals surface area contributed by atoms with Crippen LogP contribution >= 0.6 is 11.8 Å². The Kier molecular flexibility index (Phi) is 6.11. The summed E-state index contributed by atoms with van der Waals surface area (Å²) in [6.07, 6.45) is 5.83. The minimum atomic E-state index is 0.890. The average molecular weight is 228 g/mol. The molecule has 0 radical (unpaired) electrons. The SMILES string of the molecule is CC(C)CC[C@H]1CSC[C@@H]1CCC(C)C. The molecule has 0 N–H and O–H groups in total. The fourth-order valence-corrected chi connectivity index (χ4v) is 4.00. The molecule has 1 heteroatoms. The third-order valence-electron chi connectivity index (χ3n) is 3.56. The summed E-state index contributed by atoms with van der Waals surface area (Å²) < 4.78 is 0. The van der Waals surface area contributed by atoms with E-state index < -0.39 is 0 Å². The lowest BCUT2D eigenvalue weighted by Crippen LogP contribution is -2.14. The van der Waals surface area contributed by atoms with E-state index in [1.165, 1.54) is 37.2 Å². The summed E-state index contributed by atoms with van der Waals surface area (Å²) in [5, 5.41) is 0. The lowest BCUT2D eigenvalue weighted by Gasteiger charge is -2.20. The van der Waals surface area contributed by atoms with Gasteiger partial charge >= 0.3 is 0 Å². The number of hydrogen-bond donors (Lipinski definition) is 0. The lowest BCUT2D eigenvalue weighted by molar-refractivity contribution is 0.325. The van der Waals surface area contributed by atoms with Crippen molar-refractivity contribution in [3.63, 3.8) is 0 Å². The van der Waals surface area contributed by atoms with Crippen LogP contribution in [0.4, 0.5) is 0 Å². The van der Waals surface area contributed by atoms with Crippen LogP contribution in [0.3, 0.4) is 0 Å². The highest BCUT2D eigenvalue weighted by Gasteiger charge is 2.27. The predicted molar refractivity (Wildman–Crippen MR) is 72.4 cm³/mol. The third kappa shape index (κ3) is 5.29. The normalized spacial score (nSPS) is 26.8. The highest BCUT2D eigenvalue weighted by Crippen LogP contribution is 2.37. The van der Waals surface area contributed by atoms with Gasteiger partial charge < -0.3 is 0 Å². The van der Waals surface area contributed by atoms with Gasteiger partial charge in [0.15, 0.2) is 0 Å². The van der Waals surface area contributed by atoms with Crippen LogP contribution < -0.4 is 0 Å². The molecule has 1 heterocycles. The largest absolute Gasteiger partial charge is 0.161 e. The van der Waals surface area contributed by atoms with Gasteiger partial charge in [0.25, 0.3) is 0 Å². The molecule has 0 nitrogen and oxygen atoms in total. The molecule has 0 amide bonds. The predicted octanol–water partition coefficient (Wildman–Crippen LogP) is 4.84. The monoisotopic (exact) mass is 228 g/mol. The molecule has 0 aliphatic carbocycles. The van der Waals surface area contributed by atoms with Crippen LogP contribution in [0.1, 0.15) is 53.4 Å². The molecular formula is C14H28S. The fourth-order valence-electron chi connectivity index (χ4n) is 2.38. The third-order valence-corrected chi connectivity index (χ3v) is 4.89. The molecule has 0 aromatic rings. The first-order chi connectivity index (χ1) is 7.09. The van der Waals surface area contributed by atoms with Crippen LogP contribution in [0.5, 0.6) is 0 Å². The molecule has 0 spiro atoms. The quantitative estimate of drug-likeness (QED) is 0.627. The van der Waals surface area contributed by atoms with Crippen molar-refractivity contribution in [3.05, 3.63) is 0 Å². The van der Waals surface area contributed by atoms with Gasteiger partial charge in [-0.05, 0) is 48.0 Å². The van der Waals surface area contributed by atoms with Gasteiger partial charge in [-0.15, -0.1) is 0 Å². The van der Waals surface area contributed by atoms with Gasteiger partial charge in [-0.25, -0.2) is 0 Å². The topological polar surface area (TPSA) is 0 Å². The van der Waals surface area contributed by atoms with E-state index >= 15 is 0 Å². The molecular weight excluding hydrogens is 200 g/mol. The lowest BCUT2D eigenvalue weighted by atomic mass is 9.85. The molecule has 1 fully saturated rings. The van der Waals surface area contributed by atoms with Gasteiger partial charge in [0.1, 0.15) is 0 Å². The Morgan fingerprint density at radius 2 is 1.27 bits per heavy atom. The van der Waals surface area contributed by atoms with Crippen molar-refractivity contribution in [1.29, 1.82) is 0 Å². The van der Waals surface area contributed by atoms with Crippen molar-refractivity contribution < 1.29 is 0 Å². The Hall–Kier alpha value is 0.350. The molecule has 1 saturated heterocycles. The molecule has 1 aliphatic heterocycles. The Labute approximate surface area is 101 Å². The summed E-state index contributed by atoms with van der Waals surface area (Å²) in [4.78, 5) is 0. The van der Waals surface area contributed by atoms with Gasteiger partial charge in [-0.1, -0.05) is 40.5 Å².